The summed E-state index contributed by atoms with van der Waals surface area (Å²) < 4.78 is 0.862. The number of amides is 1. The Bertz CT molecular complexity index is 582. The van der Waals surface area contributed by atoms with Crippen LogP contribution in [-0.4, -0.2) is 5.91 Å². The summed E-state index contributed by atoms with van der Waals surface area (Å²) in [5.74, 6) is -0.0659. The summed E-state index contributed by atoms with van der Waals surface area (Å²) >= 11 is 9.64. The van der Waals surface area contributed by atoms with Crippen LogP contribution in [0.15, 0.2) is 29.6 Å². The zero-order valence-corrected chi connectivity index (χ0v) is 13.4. The van der Waals surface area contributed by atoms with E-state index in [0.29, 0.717) is 17.1 Å². The van der Waals surface area contributed by atoms with Crippen molar-refractivity contribution in [2.24, 2.45) is 0 Å². The highest BCUT2D eigenvalue weighted by atomic mass is 127. The molecule has 0 spiro atoms. The van der Waals surface area contributed by atoms with Gasteiger partial charge < -0.3 is 5.32 Å². The Kier molecular flexibility index (Phi) is 4.64. The standard InChI is InChI=1S/C13H11ClINOS/c1-8-4-5-18-12(8)7-16-13(17)10-3-2-9(14)6-11(10)15/h2-6H,7H2,1H3,(H,16,17). The maximum atomic E-state index is 12.0. The van der Waals surface area contributed by atoms with E-state index in [0.717, 1.165) is 3.57 Å². The number of hydrogen-bond acceptors (Lipinski definition) is 2. The molecule has 5 heteroatoms. The lowest BCUT2D eigenvalue weighted by atomic mass is 10.2. The number of carbonyl (C=O) groups excluding carboxylic acids is 1. The zero-order chi connectivity index (χ0) is 13.1. The number of nitrogens with one attached hydrogen (secondary N) is 1. The summed E-state index contributed by atoms with van der Waals surface area (Å²) in [4.78, 5) is 13.2. The maximum absolute atomic E-state index is 12.0. The number of carbonyl (C=O) groups is 1. The Morgan fingerprint density at radius 3 is 2.83 bits per heavy atom. The molecule has 2 rings (SSSR count). The van der Waals surface area contributed by atoms with E-state index in [9.17, 15) is 4.79 Å². The zero-order valence-electron chi connectivity index (χ0n) is 9.67. The van der Waals surface area contributed by atoms with Crippen LogP contribution < -0.4 is 5.32 Å². The molecule has 1 aromatic carbocycles. The van der Waals surface area contributed by atoms with Crippen molar-refractivity contribution >= 4 is 51.4 Å². The van der Waals surface area contributed by atoms with Crippen molar-refractivity contribution in [2.45, 2.75) is 13.5 Å². The molecule has 2 aromatic rings. The van der Waals surface area contributed by atoms with Crippen LogP contribution in [0.2, 0.25) is 5.02 Å². The molecule has 0 aliphatic rings. The van der Waals surface area contributed by atoms with Crippen LogP contribution in [0.4, 0.5) is 0 Å². The van der Waals surface area contributed by atoms with Crippen molar-refractivity contribution in [2.75, 3.05) is 0 Å². The molecule has 0 aliphatic carbocycles. The summed E-state index contributed by atoms with van der Waals surface area (Å²) in [6.45, 7) is 2.62. The van der Waals surface area contributed by atoms with E-state index in [2.05, 4.69) is 34.0 Å². The van der Waals surface area contributed by atoms with E-state index < -0.39 is 0 Å². The van der Waals surface area contributed by atoms with Crippen molar-refractivity contribution in [1.29, 1.82) is 0 Å². The highest BCUT2D eigenvalue weighted by Crippen LogP contribution is 2.19. The van der Waals surface area contributed by atoms with Gasteiger partial charge in [0.2, 0.25) is 0 Å². The van der Waals surface area contributed by atoms with Gasteiger partial charge in [-0.05, 0) is 64.7 Å². The van der Waals surface area contributed by atoms with Crippen molar-refractivity contribution < 1.29 is 4.79 Å². The second-order valence-corrected chi connectivity index (χ2v) is 6.43. The minimum atomic E-state index is -0.0659. The molecule has 0 saturated heterocycles. The minimum absolute atomic E-state index is 0.0659. The van der Waals surface area contributed by atoms with Gasteiger partial charge in [-0.1, -0.05) is 11.6 Å². The molecule has 0 aliphatic heterocycles. The third-order valence-electron chi connectivity index (χ3n) is 2.55. The van der Waals surface area contributed by atoms with Crippen LogP contribution >= 0.6 is 45.5 Å². The Labute approximate surface area is 129 Å². The van der Waals surface area contributed by atoms with E-state index in [1.54, 1.807) is 29.5 Å². The van der Waals surface area contributed by atoms with Crippen molar-refractivity contribution in [3.8, 4) is 0 Å². The first-order chi connectivity index (χ1) is 8.58. The SMILES string of the molecule is Cc1ccsc1CNC(=O)c1ccc(Cl)cc1I. The summed E-state index contributed by atoms with van der Waals surface area (Å²) in [5, 5.41) is 5.60. The van der Waals surface area contributed by atoms with Crippen molar-refractivity contribution in [3.63, 3.8) is 0 Å². The topological polar surface area (TPSA) is 29.1 Å². The summed E-state index contributed by atoms with van der Waals surface area (Å²) in [5.41, 5.74) is 1.88. The average molecular weight is 392 g/mol. The van der Waals surface area contributed by atoms with Gasteiger partial charge in [0.25, 0.3) is 5.91 Å². The predicted octanol–water partition coefficient (Wildman–Crippen LogP) is 4.24. The Balaban J connectivity index is 2.06. The van der Waals surface area contributed by atoms with Gasteiger partial charge in [0, 0.05) is 13.5 Å². The van der Waals surface area contributed by atoms with Gasteiger partial charge in [0.05, 0.1) is 12.1 Å². The van der Waals surface area contributed by atoms with Crippen LogP contribution in [0.1, 0.15) is 20.8 Å². The summed E-state index contributed by atoms with van der Waals surface area (Å²) in [7, 11) is 0. The number of thiophene rings is 1. The molecule has 1 heterocycles. The Morgan fingerprint density at radius 1 is 1.44 bits per heavy atom. The molecular formula is C13H11ClINOS. The molecule has 1 amide bonds. The van der Waals surface area contributed by atoms with Crippen LogP contribution in [0.25, 0.3) is 0 Å². The minimum Gasteiger partial charge on any atom is -0.347 e. The van der Waals surface area contributed by atoms with Gasteiger partial charge in [-0.25, -0.2) is 0 Å². The lowest BCUT2D eigenvalue weighted by molar-refractivity contribution is 0.0950. The molecule has 0 atom stereocenters. The largest absolute Gasteiger partial charge is 0.347 e. The van der Waals surface area contributed by atoms with Gasteiger partial charge in [-0.15, -0.1) is 11.3 Å². The van der Waals surface area contributed by atoms with Gasteiger partial charge >= 0.3 is 0 Å². The fraction of sp³-hybridized carbons (Fsp3) is 0.154. The maximum Gasteiger partial charge on any atom is 0.252 e. The number of halogens is 2. The molecule has 1 N–H and O–H groups in total. The Hall–Kier alpha value is -0.590. The van der Waals surface area contributed by atoms with Crippen LogP contribution in [0.3, 0.4) is 0 Å². The van der Waals surface area contributed by atoms with Gasteiger partial charge in [-0.2, -0.15) is 0 Å². The molecule has 0 radical (unpaired) electrons. The first-order valence-corrected chi connectivity index (χ1v) is 7.68. The van der Waals surface area contributed by atoms with Crippen LogP contribution in [0, 0.1) is 10.5 Å². The highest BCUT2D eigenvalue weighted by molar-refractivity contribution is 14.1. The summed E-state index contributed by atoms with van der Waals surface area (Å²) in [6, 6.07) is 7.32. The first-order valence-electron chi connectivity index (χ1n) is 5.34. The van der Waals surface area contributed by atoms with Crippen molar-refractivity contribution in [1.82, 2.24) is 5.32 Å². The molecule has 0 saturated carbocycles. The second kappa shape index (κ2) is 6.04. The molecule has 0 bridgehead atoms. The molecule has 0 fully saturated rings. The molecule has 2 nitrogen and oxygen atoms in total. The van der Waals surface area contributed by atoms with Gasteiger partial charge in [0.15, 0.2) is 0 Å². The van der Waals surface area contributed by atoms with Crippen LogP contribution in [0.5, 0.6) is 0 Å². The van der Waals surface area contributed by atoms with Gasteiger partial charge in [0.1, 0.15) is 0 Å². The third kappa shape index (κ3) is 3.24. The third-order valence-corrected chi connectivity index (χ3v) is 4.70. The van der Waals surface area contributed by atoms with Crippen molar-refractivity contribution in [3.05, 3.63) is 54.2 Å². The monoisotopic (exact) mass is 391 g/mol. The fourth-order valence-electron chi connectivity index (χ4n) is 1.51. The van der Waals surface area contributed by atoms with E-state index in [1.165, 1.54) is 10.4 Å². The van der Waals surface area contributed by atoms with E-state index in [4.69, 9.17) is 11.6 Å². The highest BCUT2D eigenvalue weighted by Gasteiger charge is 2.10. The lowest BCUT2D eigenvalue weighted by Gasteiger charge is -2.07. The molecule has 1 aromatic heterocycles. The number of hydrogen-bond donors (Lipinski definition) is 1. The average Bonchev–Trinajstić information content (AvgIpc) is 2.72. The predicted molar refractivity (Wildman–Crippen MR) is 84.4 cm³/mol. The molecular weight excluding hydrogens is 381 g/mol. The molecule has 94 valence electrons. The van der Waals surface area contributed by atoms with E-state index in [1.807, 2.05) is 12.3 Å². The second-order valence-electron chi connectivity index (χ2n) is 3.83. The first kappa shape index (κ1) is 13.8. The smallest absolute Gasteiger partial charge is 0.252 e. The fourth-order valence-corrected chi connectivity index (χ4v) is 3.48. The normalized spacial score (nSPS) is 10.4. The quantitative estimate of drug-likeness (QED) is 0.779. The van der Waals surface area contributed by atoms with Crippen LogP contribution in [-0.2, 0) is 6.54 Å². The van der Waals surface area contributed by atoms with Gasteiger partial charge in [-0.3, -0.25) is 4.79 Å². The Morgan fingerprint density at radius 2 is 2.22 bits per heavy atom. The lowest BCUT2D eigenvalue weighted by Crippen LogP contribution is -2.23. The number of aryl methyl sites for hydroxylation is 1. The molecule has 18 heavy (non-hydrogen) atoms. The summed E-state index contributed by atoms with van der Waals surface area (Å²) in [6.07, 6.45) is 0. The number of rotatable bonds is 3. The number of benzene rings is 1. The molecule has 0 unspecified atom stereocenters. The van der Waals surface area contributed by atoms with E-state index >= 15 is 0 Å². The van der Waals surface area contributed by atoms with E-state index in [-0.39, 0.29) is 5.91 Å².